The third-order valence-electron chi connectivity index (χ3n) is 6.76. The number of hydrogen-bond donors (Lipinski definition) is 1. The van der Waals surface area contributed by atoms with E-state index in [1.54, 1.807) is 0 Å². The SMILES string of the molecule is N#CC(C1CCNCC1)C1C2CC3CC(C2)CC1C3. The van der Waals surface area contributed by atoms with Gasteiger partial charge in [-0.25, -0.2) is 0 Å². The van der Waals surface area contributed by atoms with Crippen molar-refractivity contribution < 1.29 is 0 Å². The van der Waals surface area contributed by atoms with Crippen molar-refractivity contribution in [2.24, 2.45) is 41.4 Å². The molecule has 19 heavy (non-hydrogen) atoms. The number of rotatable bonds is 2. The fourth-order valence-corrected chi connectivity index (χ4v) is 6.26. The largest absolute Gasteiger partial charge is 0.317 e. The van der Waals surface area contributed by atoms with Gasteiger partial charge in [0.15, 0.2) is 0 Å². The number of nitriles is 1. The summed E-state index contributed by atoms with van der Waals surface area (Å²) in [6.45, 7) is 2.27. The van der Waals surface area contributed by atoms with Gasteiger partial charge in [0.1, 0.15) is 0 Å². The lowest BCUT2D eigenvalue weighted by molar-refractivity contribution is -0.0632. The van der Waals surface area contributed by atoms with Crippen molar-refractivity contribution in [1.29, 1.82) is 5.26 Å². The van der Waals surface area contributed by atoms with Gasteiger partial charge in [-0.3, -0.25) is 0 Å². The Morgan fingerprint density at radius 1 is 0.895 bits per heavy atom. The van der Waals surface area contributed by atoms with E-state index in [0.29, 0.717) is 11.8 Å². The molecule has 4 saturated carbocycles. The molecular formula is C17H26N2. The lowest BCUT2D eigenvalue weighted by atomic mass is 9.48. The average Bonchev–Trinajstić information content (AvgIpc) is 2.43. The Morgan fingerprint density at radius 3 is 2.00 bits per heavy atom. The summed E-state index contributed by atoms with van der Waals surface area (Å²) in [5.41, 5.74) is 0. The van der Waals surface area contributed by atoms with Crippen LogP contribution in [0.2, 0.25) is 0 Å². The highest BCUT2D eigenvalue weighted by Gasteiger charge is 2.51. The van der Waals surface area contributed by atoms with Gasteiger partial charge in [0.2, 0.25) is 0 Å². The van der Waals surface area contributed by atoms with E-state index in [1.807, 2.05) is 0 Å². The van der Waals surface area contributed by atoms with Crippen LogP contribution in [0.4, 0.5) is 0 Å². The van der Waals surface area contributed by atoms with Crippen LogP contribution in [-0.4, -0.2) is 13.1 Å². The van der Waals surface area contributed by atoms with Gasteiger partial charge in [-0.15, -0.1) is 0 Å². The number of hydrogen-bond acceptors (Lipinski definition) is 2. The summed E-state index contributed by atoms with van der Waals surface area (Å²) in [7, 11) is 0. The van der Waals surface area contributed by atoms with Crippen molar-refractivity contribution in [1.82, 2.24) is 5.32 Å². The summed E-state index contributed by atoms with van der Waals surface area (Å²) in [6, 6.07) is 2.77. The fourth-order valence-electron chi connectivity index (χ4n) is 6.26. The lowest BCUT2D eigenvalue weighted by Crippen LogP contribution is -2.49. The number of nitrogens with zero attached hydrogens (tertiary/aromatic N) is 1. The second-order valence-corrected chi connectivity index (χ2v) is 7.75. The van der Waals surface area contributed by atoms with Gasteiger partial charge in [0, 0.05) is 0 Å². The molecule has 5 rings (SSSR count). The Bertz CT molecular complexity index is 349. The molecule has 4 bridgehead atoms. The minimum absolute atomic E-state index is 0.372. The van der Waals surface area contributed by atoms with Crippen LogP contribution < -0.4 is 5.32 Å². The van der Waals surface area contributed by atoms with Gasteiger partial charge in [-0.1, -0.05) is 0 Å². The summed E-state index contributed by atoms with van der Waals surface area (Å²) in [4.78, 5) is 0. The molecule has 1 unspecified atom stereocenters. The topological polar surface area (TPSA) is 35.8 Å². The van der Waals surface area contributed by atoms with E-state index < -0.39 is 0 Å². The summed E-state index contributed by atoms with van der Waals surface area (Å²) in [5.74, 6) is 5.72. The second-order valence-electron chi connectivity index (χ2n) is 7.75. The molecule has 1 N–H and O–H groups in total. The molecule has 0 spiro atoms. The molecule has 0 amide bonds. The van der Waals surface area contributed by atoms with Crippen LogP contribution in [0.1, 0.15) is 44.9 Å². The lowest BCUT2D eigenvalue weighted by Gasteiger charge is -2.56. The maximum Gasteiger partial charge on any atom is 0.0661 e. The molecule has 0 aromatic rings. The molecule has 0 radical (unpaired) electrons. The van der Waals surface area contributed by atoms with Crippen LogP contribution in [0.25, 0.3) is 0 Å². The van der Waals surface area contributed by atoms with Crippen molar-refractivity contribution in [3.05, 3.63) is 0 Å². The number of piperidine rings is 1. The minimum Gasteiger partial charge on any atom is -0.317 e. The molecule has 2 heteroatoms. The van der Waals surface area contributed by atoms with Gasteiger partial charge < -0.3 is 5.32 Å². The molecule has 5 fully saturated rings. The Hall–Kier alpha value is -0.550. The molecule has 2 nitrogen and oxygen atoms in total. The quantitative estimate of drug-likeness (QED) is 0.825. The first-order valence-corrected chi connectivity index (χ1v) is 8.45. The van der Waals surface area contributed by atoms with Gasteiger partial charge in [-0.05, 0) is 93.5 Å². The molecule has 0 aromatic carbocycles. The van der Waals surface area contributed by atoms with Crippen molar-refractivity contribution in [3.8, 4) is 6.07 Å². The van der Waals surface area contributed by atoms with Crippen LogP contribution in [0.3, 0.4) is 0 Å². The summed E-state index contributed by atoms with van der Waals surface area (Å²) in [6.07, 6.45) is 9.83. The van der Waals surface area contributed by atoms with Crippen molar-refractivity contribution >= 4 is 0 Å². The van der Waals surface area contributed by atoms with Crippen molar-refractivity contribution in [3.63, 3.8) is 0 Å². The number of nitrogens with one attached hydrogen (secondary N) is 1. The maximum atomic E-state index is 9.79. The van der Waals surface area contributed by atoms with Gasteiger partial charge in [0.05, 0.1) is 12.0 Å². The zero-order chi connectivity index (χ0) is 12.8. The van der Waals surface area contributed by atoms with E-state index >= 15 is 0 Å². The van der Waals surface area contributed by atoms with E-state index in [4.69, 9.17) is 0 Å². The molecule has 1 heterocycles. The van der Waals surface area contributed by atoms with Crippen LogP contribution in [0.5, 0.6) is 0 Å². The normalized spacial score (nSPS) is 47.0. The Kier molecular flexibility index (Phi) is 3.07. The smallest absolute Gasteiger partial charge is 0.0661 e. The minimum atomic E-state index is 0.372. The molecule has 1 saturated heterocycles. The highest BCUT2D eigenvalue weighted by molar-refractivity contribution is 5.06. The van der Waals surface area contributed by atoms with Crippen molar-refractivity contribution in [2.45, 2.75) is 44.9 Å². The van der Waals surface area contributed by atoms with E-state index in [2.05, 4.69) is 11.4 Å². The third-order valence-corrected chi connectivity index (χ3v) is 6.76. The van der Waals surface area contributed by atoms with E-state index in [1.165, 1.54) is 44.9 Å². The first-order chi connectivity index (χ1) is 9.35. The van der Waals surface area contributed by atoms with Gasteiger partial charge in [0.25, 0.3) is 0 Å². The first kappa shape index (κ1) is 12.2. The molecule has 1 atom stereocenters. The molecular weight excluding hydrogens is 232 g/mol. The summed E-state index contributed by atoms with van der Waals surface area (Å²) in [5, 5.41) is 13.2. The zero-order valence-corrected chi connectivity index (χ0v) is 11.9. The Balaban J connectivity index is 1.55. The predicted octanol–water partition coefficient (Wildman–Crippen LogP) is 3.20. The van der Waals surface area contributed by atoms with E-state index in [9.17, 15) is 5.26 Å². The molecule has 4 aliphatic carbocycles. The fraction of sp³-hybridized carbons (Fsp3) is 0.941. The van der Waals surface area contributed by atoms with Gasteiger partial charge in [-0.2, -0.15) is 5.26 Å². The zero-order valence-electron chi connectivity index (χ0n) is 11.9. The monoisotopic (exact) mass is 258 g/mol. The highest BCUT2D eigenvalue weighted by Crippen LogP contribution is 2.59. The Labute approximate surface area is 116 Å². The van der Waals surface area contributed by atoms with E-state index in [-0.39, 0.29) is 0 Å². The highest BCUT2D eigenvalue weighted by atomic mass is 14.9. The Morgan fingerprint density at radius 2 is 1.47 bits per heavy atom. The summed E-state index contributed by atoms with van der Waals surface area (Å²) < 4.78 is 0. The van der Waals surface area contributed by atoms with Crippen molar-refractivity contribution in [2.75, 3.05) is 13.1 Å². The van der Waals surface area contributed by atoms with Crippen LogP contribution in [0, 0.1) is 52.8 Å². The maximum absolute atomic E-state index is 9.79. The van der Waals surface area contributed by atoms with Crippen LogP contribution >= 0.6 is 0 Å². The first-order valence-electron chi connectivity index (χ1n) is 8.45. The molecule has 1 aliphatic heterocycles. The van der Waals surface area contributed by atoms with Crippen LogP contribution in [-0.2, 0) is 0 Å². The third kappa shape index (κ3) is 2.02. The average molecular weight is 258 g/mol. The summed E-state index contributed by atoms with van der Waals surface area (Å²) >= 11 is 0. The van der Waals surface area contributed by atoms with Crippen LogP contribution in [0.15, 0.2) is 0 Å². The molecule has 0 aromatic heterocycles. The van der Waals surface area contributed by atoms with Gasteiger partial charge >= 0.3 is 0 Å². The van der Waals surface area contributed by atoms with E-state index in [0.717, 1.165) is 42.7 Å². The standard InChI is InChI=1S/C17H26N2/c18-10-16(13-1-3-19-4-2-13)17-14-6-11-5-12(8-14)9-15(17)7-11/h11-17,19H,1-9H2. The molecule has 104 valence electrons. The second kappa shape index (κ2) is 4.77. The predicted molar refractivity (Wildman–Crippen MR) is 75.2 cm³/mol. The molecule has 5 aliphatic rings.